The Labute approximate surface area is 220 Å². The Hall–Kier alpha value is -4.84. The van der Waals surface area contributed by atoms with Crippen LogP contribution >= 0.6 is 0 Å². The van der Waals surface area contributed by atoms with Gasteiger partial charge in [-0.3, -0.25) is 14.9 Å². The maximum Gasteiger partial charge on any atom is 0.273 e. The fourth-order valence-electron chi connectivity index (χ4n) is 3.46. The third-order valence-electron chi connectivity index (χ3n) is 5.30. The van der Waals surface area contributed by atoms with Crippen molar-refractivity contribution >= 4 is 50.3 Å². The van der Waals surface area contributed by atoms with Gasteiger partial charge in [0.05, 0.1) is 22.5 Å². The average Bonchev–Trinajstić information content (AvgIpc) is 3.28. The number of benzene rings is 2. The van der Waals surface area contributed by atoms with Crippen molar-refractivity contribution in [1.29, 1.82) is 0 Å². The van der Waals surface area contributed by atoms with Gasteiger partial charge < -0.3 is 27.1 Å². The van der Waals surface area contributed by atoms with Gasteiger partial charge in [-0.1, -0.05) is 43.5 Å². The number of allylic oxidation sites excluding steroid dienone is 1. The molecular formula is C26H29N7O4S. The van der Waals surface area contributed by atoms with Crippen LogP contribution in [0.2, 0.25) is 0 Å². The minimum Gasteiger partial charge on any atom is -0.403 e. The molecule has 0 spiro atoms. The van der Waals surface area contributed by atoms with Crippen molar-refractivity contribution in [3.05, 3.63) is 96.2 Å². The standard InChI is InChI=1S/C26H29N7O4S/c1-16(11-14-38(3,36)37)19-8-5-4-7-18(19)15-21(28)25(35)33-26-31-22-10-6-9-20(23(22)32-26)24(34)30-17(2)29-13-12-27/h4-10,12-13,15,29H,1-2,11,14,27-28H2,3H3,(H,30,34)(H2,31,32,33,35)/b13-12-,21-15-. The third-order valence-corrected chi connectivity index (χ3v) is 6.24. The number of carbonyl (C=O) groups is 2. The number of para-hydroxylation sites is 1. The summed E-state index contributed by atoms with van der Waals surface area (Å²) in [5.74, 6) is -0.820. The van der Waals surface area contributed by atoms with E-state index in [0.717, 1.165) is 6.26 Å². The molecule has 2 amide bonds. The summed E-state index contributed by atoms with van der Waals surface area (Å²) < 4.78 is 23.1. The van der Waals surface area contributed by atoms with Crippen molar-refractivity contribution in [2.45, 2.75) is 6.42 Å². The highest BCUT2D eigenvalue weighted by atomic mass is 32.2. The Kier molecular flexibility index (Phi) is 8.71. The van der Waals surface area contributed by atoms with Gasteiger partial charge in [0, 0.05) is 18.7 Å². The lowest BCUT2D eigenvalue weighted by molar-refractivity contribution is -0.112. The summed E-state index contributed by atoms with van der Waals surface area (Å²) in [6, 6.07) is 12.0. The first-order valence-corrected chi connectivity index (χ1v) is 13.4. The Morgan fingerprint density at radius 1 is 1.11 bits per heavy atom. The van der Waals surface area contributed by atoms with Crippen LogP contribution in [-0.2, 0) is 14.6 Å². The molecule has 0 aliphatic carbocycles. The zero-order chi connectivity index (χ0) is 27.9. The predicted molar refractivity (Wildman–Crippen MR) is 150 cm³/mol. The first-order valence-electron chi connectivity index (χ1n) is 11.3. The van der Waals surface area contributed by atoms with E-state index in [1.54, 1.807) is 42.5 Å². The Balaban J connectivity index is 1.78. The summed E-state index contributed by atoms with van der Waals surface area (Å²) in [5, 5.41) is 7.88. The van der Waals surface area contributed by atoms with Gasteiger partial charge in [0.15, 0.2) is 0 Å². The molecule has 0 aliphatic rings. The fraction of sp³-hybridized carbons (Fsp3) is 0.115. The van der Waals surface area contributed by atoms with Crippen LogP contribution in [0.15, 0.2) is 79.5 Å². The Morgan fingerprint density at radius 3 is 2.53 bits per heavy atom. The molecule has 0 unspecified atom stereocenters. The molecule has 0 aliphatic heterocycles. The van der Waals surface area contributed by atoms with Crippen molar-refractivity contribution in [3.63, 3.8) is 0 Å². The normalized spacial score (nSPS) is 11.9. The molecule has 3 rings (SSSR count). The second kappa shape index (κ2) is 11.9. The number of anilines is 1. The van der Waals surface area contributed by atoms with Crippen LogP contribution in [0, 0.1) is 0 Å². The molecule has 0 bridgehead atoms. The van der Waals surface area contributed by atoms with Crippen molar-refractivity contribution in [2.24, 2.45) is 11.5 Å². The maximum atomic E-state index is 12.8. The number of sulfone groups is 1. The van der Waals surface area contributed by atoms with Gasteiger partial charge >= 0.3 is 0 Å². The molecule has 12 heteroatoms. The minimum atomic E-state index is -3.16. The molecule has 11 nitrogen and oxygen atoms in total. The molecule has 0 saturated carbocycles. The molecular weight excluding hydrogens is 506 g/mol. The zero-order valence-electron chi connectivity index (χ0n) is 20.7. The van der Waals surface area contributed by atoms with Crippen molar-refractivity contribution in [2.75, 3.05) is 17.3 Å². The summed E-state index contributed by atoms with van der Waals surface area (Å²) in [5.41, 5.74) is 14.2. The van der Waals surface area contributed by atoms with E-state index in [1.165, 1.54) is 18.5 Å². The number of aromatic amines is 1. The first-order chi connectivity index (χ1) is 18.0. The van der Waals surface area contributed by atoms with Gasteiger partial charge in [-0.25, -0.2) is 13.4 Å². The van der Waals surface area contributed by atoms with Gasteiger partial charge in [-0.2, -0.15) is 0 Å². The number of imidazole rings is 1. The highest BCUT2D eigenvalue weighted by molar-refractivity contribution is 7.90. The number of nitrogens with zero attached hydrogens (tertiary/aromatic N) is 1. The van der Waals surface area contributed by atoms with Crippen LogP contribution in [0.3, 0.4) is 0 Å². The molecule has 38 heavy (non-hydrogen) atoms. The Bertz CT molecular complexity index is 1570. The lowest BCUT2D eigenvalue weighted by atomic mass is 9.98. The molecule has 1 heterocycles. The van der Waals surface area contributed by atoms with E-state index in [2.05, 4.69) is 39.1 Å². The molecule has 198 valence electrons. The lowest BCUT2D eigenvalue weighted by Gasteiger charge is -2.10. The second-order valence-electron chi connectivity index (χ2n) is 8.35. The van der Waals surface area contributed by atoms with Crippen molar-refractivity contribution < 1.29 is 18.0 Å². The number of nitrogens with one attached hydrogen (secondary N) is 4. The number of aromatic nitrogens is 2. The largest absolute Gasteiger partial charge is 0.403 e. The summed E-state index contributed by atoms with van der Waals surface area (Å²) >= 11 is 0. The van der Waals surface area contributed by atoms with Gasteiger partial charge in [0.25, 0.3) is 11.8 Å². The number of amides is 2. The summed E-state index contributed by atoms with van der Waals surface area (Å²) in [7, 11) is -3.16. The minimum absolute atomic E-state index is 0.0404. The average molecular weight is 536 g/mol. The molecule has 1 aromatic heterocycles. The van der Waals surface area contributed by atoms with E-state index in [9.17, 15) is 18.0 Å². The molecule has 8 N–H and O–H groups in total. The van der Waals surface area contributed by atoms with E-state index >= 15 is 0 Å². The van der Waals surface area contributed by atoms with Crippen LogP contribution < -0.4 is 27.4 Å². The smallest absolute Gasteiger partial charge is 0.273 e. The molecule has 3 aromatic rings. The van der Waals surface area contributed by atoms with Crippen molar-refractivity contribution in [1.82, 2.24) is 20.6 Å². The van der Waals surface area contributed by atoms with E-state index < -0.39 is 21.7 Å². The molecule has 0 radical (unpaired) electrons. The first kappa shape index (κ1) is 27.7. The number of nitrogens with two attached hydrogens (primary N) is 2. The SMILES string of the molecule is C=C(N/C=C\N)NC(=O)c1cccc2[nH]c(NC(=O)/C(N)=C/c3ccccc3C(=C)CCS(C)(=O)=O)nc12. The van der Waals surface area contributed by atoms with Gasteiger partial charge in [-0.05, 0) is 41.3 Å². The Morgan fingerprint density at radius 2 is 1.82 bits per heavy atom. The van der Waals surface area contributed by atoms with E-state index in [-0.39, 0.29) is 35.2 Å². The molecule has 0 saturated heterocycles. The number of fused-ring (bicyclic) bond motifs is 1. The molecule has 0 atom stereocenters. The number of carbonyl (C=O) groups excluding carboxylic acids is 2. The van der Waals surface area contributed by atoms with Crippen LogP contribution in [0.5, 0.6) is 0 Å². The third kappa shape index (κ3) is 7.34. The van der Waals surface area contributed by atoms with Crippen LogP contribution in [0.4, 0.5) is 5.95 Å². The van der Waals surface area contributed by atoms with Crippen LogP contribution in [0.1, 0.15) is 27.9 Å². The summed E-state index contributed by atoms with van der Waals surface area (Å²) in [4.78, 5) is 32.8. The molecule has 0 fully saturated rings. The fourth-order valence-corrected chi connectivity index (χ4v) is 4.08. The number of H-pyrrole nitrogens is 1. The lowest BCUT2D eigenvalue weighted by Crippen LogP contribution is -2.28. The molecule has 2 aromatic carbocycles. The predicted octanol–water partition coefficient (Wildman–Crippen LogP) is 2.17. The van der Waals surface area contributed by atoms with Crippen LogP contribution in [0.25, 0.3) is 22.7 Å². The van der Waals surface area contributed by atoms with Crippen LogP contribution in [-0.4, -0.2) is 42.2 Å². The van der Waals surface area contributed by atoms with Gasteiger partial charge in [0.1, 0.15) is 21.2 Å². The summed E-state index contributed by atoms with van der Waals surface area (Å²) in [6.45, 7) is 7.67. The monoisotopic (exact) mass is 535 g/mol. The maximum absolute atomic E-state index is 12.8. The van der Waals surface area contributed by atoms with Gasteiger partial charge in [0.2, 0.25) is 5.95 Å². The van der Waals surface area contributed by atoms with Crippen molar-refractivity contribution in [3.8, 4) is 0 Å². The second-order valence-corrected chi connectivity index (χ2v) is 10.6. The highest BCUT2D eigenvalue weighted by Gasteiger charge is 2.16. The number of rotatable bonds is 11. The number of hydrogen-bond donors (Lipinski definition) is 6. The van der Waals surface area contributed by atoms with E-state index in [4.69, 9.17) is 11.5 Å². The number of hydrogen-bond acceptors (Lipinski definition) is 8. The van der Waals surface area contributed by atoms with E-state index in [1.807, 2.05) is 0 Å². The summed E-state index contributed by atoms with van der Waals surface area (Å²) in [6.07, 6.45) is 5.56. The topological polar surface area (TPSA) is 185 Å². The highest BCUT2D eigenvalue weighted by Crippen LogP contribution is 2.23. The quantitative estimate of drug-likeness (QED) is 0.202. The van der Waals surface area contributed by atoms with E-state index in [0.29, 0.717) is 27.7 Å². The zero-order valence-corrected chi connectivity index (χ0v) is 21.6. The van der Waals surface area contributed by atoms with Gasteiger partial charge in [-0.15, -0.1) is 0 Å².